The molecule has 0 spiro atoms. The Labute approximate surface area is 181 Å². The van der Waals surface area contributed by atoms with Crippen molar-refractivity contribution in [2.24, 2.45) is 5.14 Å². The third-order valence-electron chi connectivity index (χ3n) is 4.50. The van der Waals surface area contributed by atoms with E-state index in [1.165, 1.54) is 47.9 Å². The highest BCUT2D eigenvalue weighted by atomic mass is 32.2. The minimum Gasteiger partial charge on any atom is -0.322 e. The van der Waals surface area contributed by atoms with Crippen molar-refractivity contribution >= 4 is 44.2 Å². The number of amides is 1. The summed E-state index contributed by atoms with van der Waals surface area (Å²) in [5, 5.41) is 7.83. The third-order valence-corrected chi connectivity index (χ3v) is 6.36. The first kappa shape index (κ1) is 21.0. The van der Waals surface area contributed by atoms with Gasteiger partial charge in [-0.3, -0.25) is 9.78 Å². The van der Waals surface area contributed by atoms with Gasteiger partial charge in [-0.25, -0.2) is 22.9 Å². The van der Waals surface area contributed by atoms with E-state index >= 15 is 0 Å². The zero-order chi connectivity index (χ0) is 22.2. The lowest BCUT2D eigenvalue weighted by Crippen LogP contribution is -2.15. The van der Waals surface area contributed by atoms with Crippen molar-refractivity contribution < 1.29 is 17.6 Å². The standard InChI is InChI=1S/C20H16FN5O3S2/c1-11-19(20(27)25-13-3-5-15(6-4-13)31(22,28)29)18(30-26-11)9-14-10-23-17-8-12(21)2-7-16(17)24-14/h2-8,10H,9H2,1H3,(H,25,27)(H2,22,28,29). The number of carbonyl (C=O) groups is 1. The number of carbonyl (C=O) groups excluding carboxylic acids is 1. The molecule has 0 fully saturated rings. The topological polar surface area (TPSA) is 128 Å². The summed E-state index contributed by atoms with van der Waals surface area (Å²) in [7, 11) is -3.81. The number of aryl methyl sites for hydroxylation is 1. The summed E-state index contributed by atoms with van der Waals surface area (Å²) in [6.07, 6.45) is 1.88. The Bertz CT molecular complexity index is 1400. The molecule has 158 valence electrons. The smallest absolute Gasteiger partial charge is 0.258 e. The van der Waals surface area contributed by atoms with Crippen LogP contribution in [0.15, 0.2) is 53.6 Å². The monoisotopic (exact) mass is 457 g/mol. The van der Waals surface area contributed by atoms with Crippen LogP contribution in [0.4, 0.5) is 10.1 Å². The molecule has 11 heteroatoms. The lowest BCUT2D eigenvalue weighted by atomic mass is 10.1. The van der Waals surface area contributed by atoms with Gasteiger partial charge in [0.2, 0.25) is 10.0 Å². The van der Waals surface area contributed by atoms with Gasteiger partial charge in [0.05, 0.1) is 32.9 Å². The van der Waals surface area contributed by atoms with Crippen LogP contribution in [0.1, 0.15) is 26.6 Å². The molecule has 4 rings (SSSR count). The molecule has 2 heterocycles. The highest BCUT2D eigenvalue weighted by Gasteiger charge is 2.20. The van der Waals surface area contributed by atoms with Crippen molar-refractivity contribution in [2.45, 2.75) is 18.2 Å². The Morgan fingerprint density at radius 2 is 1.90 bits per heavy atom. The Kier molecular flexibility index (Phi) is 5.48. The molecule has 31 heavy (non-hydrogen) atoms. The summed E-state index contributed by atoms with van der Waals surface area (Å²) >= 11 is 1.19. The molecule has 8 nitrogen and oxygen atoms in total. The Morgan fingerprint density at radius 3 is 2.61 bits per heavy atom. The molecule has 0 aliphatic heterocycles. The zero-order valence-corrected chi connectivity index (χ0v) is 17.8. The van der Waals surface area contributed by atoms with E-state index in [-0.39, 0.29) is 16.6 Å². The van der Waals surface area contributed by atoms with Crippen LogP contribution >= 0.6 is 11.5 Å². The van der Waals surface area contributed by atoms with Crippen molar-refractivity contribution in [3.8, 4) is 0 Å². The number of rotatable bonds is 5. The molecule has 3 N–H and O–H groups in total. The highest BCUT2D eigenvalue weighted by molar-refractivity contribution is 7.89. The lowest BCUT2D eigenvalue weighted by Gasteiger charge is -2.08. The quantitative estimate of drug-likeness (QED) is 0.474. The van der Waals surface area contributed by atoms with Crippen molar-refractivity contribution in [1.29, 1.82) is 0 Å². The van der Waals surface area contributed by atoms with Crippen molar-refractivity contribution in [1.82, 2.24) is 14.3 Å². The highest BCUT2D eigenvalue weighted by Crippen LogP contribution is 2.24. The van der Waals surface area contributed by atoms with Crippen LogP contribution in [0, 0.1) is 12.7 Å². The summed E-state index contributed by atoms with van der Waals surface area (Å²) in [6, 6.07) is 9.73. The van der Waals surface area contributed by atoms with Crippen LogP contribution in [0.5, 0.6) is 0 Å². The van der Waals surface area contributed by atoms with E-state index in [1.54, 1.807) is 19.2 Å². The lowest BCUT2D eigenvalue weighted by molar-refractivity contribution is 0.102. The summed E-state index contributed by atoms with van der Waals surface area (Å²) in [5.41, 5.74) is 3.03. The van der Waals surface area contributed by atoms with Gasteiger partial charge in [-0.05, 0) is 54.9 Å². The number of nitrogens with zero attached hydrogens (tertiary/aromatic N) is 3. The van der Waals surface area contributed by atoms with E-state index in [0.717, 1.165) is 0 Å². The molecule has 0 aliphatic carbocycles. The fraction of sp³-hybridized carbons (Fsp3) is 0.100. The normalized spacial score (nSPS) is 11.6. The average molecular weight is 458 g/mol. The van der Waals surface area contributed by atoms with E-state index in [4.69, 9.17) is 5.14 Å². The molecule has 2 aromatic heterocycles. The first-order valence-corrected chi connectivity index (χ1v) is 11.3. The van der Waals surface area contributed by atoms with Gasteiger partial charge in [0.25, 0.3) is 5.91 Å². The molecule has 4 aromatic rings. The molecule has 2 aromatic carbocycles. The predicted octanol–water partition coefficient (Wildman–Crippen LogP) is 3.02. The third kappa shape index (κ3) is 4.58. The number of aromatic nitrogens is 3. The zero-order valence-electron chi connectivity index (χ0n) is 16.2. The van der Waals surface area contributed by atoms with Crippen LogP contribution < -0.4 is 10.5 Å². The van der Waals surface area contributed by atoms with Crippen LogP contribution in [0.3, 0.4) is 0 Å². The predicted molar refractivity (Wildman–Crippen MR) is 115 cm³/mol. The second-order valence-corrected chi connectivity index (χ2v) is 9.18. The van der Waals surface area contributed by atoms with Gasteiger partial charge in [-0.15, -0.1) is 0 Å². The fourth-order valence-electron chi connectivity index (χ4n) is 3.02. The minimum absolute atomic E-state index is 0.0469. The van der Waals surface area contributed by atoms with E-state index in [1.807, 2.05) is 0 Å². The van der Waals surface area contributed by atoms with Crippen molar-refractivity contribution in [3.05, 3.63) is 76.3 Å². The number of anilines is 1. The maximum Gasteiger partial charge on any atom is 0.258 e. The fourth-order valence-corrected chi connectivity index (χ4v) is 4.42. The molecule has 1 amide bonds. The summed E-state index contributed by atoms with van der Waals surface area (Å²) in [6.45, 7) is 1.73. The largest absolute Gasteiger partial charge is 0.322 e. The number of sulfonamides is 1. The van der Waals surface area contributed by atoms with E-state index in [9.17, 15) is 17.6 Å². The number of fused-ring (bicyclic) bond motifs is 1. The molecule has 0 saturated carbocycles. The maximum absolute atomic E-state index is 13.3. The van der Waals surface area contributed by atoms with Gasteiger partial charge in [0, 0.05) is 29.2 Å². The second-order valence-electron chi connectivity index (χ2n) is 6.76. The number of nitrogens with one attached hydrogen (secondary N) is 1. The Morgan fingerprint density at radius 1 is 1.16 bits per heavy atom. The molecule has 0 unspecified atom stereocenters. The molecule has 0 bridgehead atoms. The molecule has 0 saturated heterocycles. The summed E-state index contributed by atoms with van der Waals surface area (Å²) < 4.78 is 40.4. The Hall–Kier alpha value is -3.28. The van der Waals surface area contributed by atoms with Crippen molar-refractivity contribution in [2.75, 3.05) is 5.32 Å². The summed E-state index contributed by atoms with van der Waals surface area (Å²) in [5.74, 6) is -0.760. The first-order chi connectivity index (χ1) is 14.7. The van der Waals surface area contributed by atoms with Gasteiger partial charge in [0.1, 0.15) is 5.82 Å². The van der Waals surface area contributed by atoms with Gasteiger partial charge in [-0.1, -0.05) is 0 Å². The number of hydrogen-bond donors (Lipinski definition) is 2. The number of nitrogens with two attached hydrogens (primary N) is 1. The van der Waals surface area contributed by atoms with Gasteiger partial charge < -0.3 is 5.32 Å². The van der Waals surface area contributed by atoms with Crippen LogP contribution in [0.2, 0.25) is 0 Å². The van der Waals surface area contributed by atoms with E-state index in [0.29, 0.717) is 45.0 Å². The first-order valence-electron chi connectivity index (χ1n) is 9.01. The molecular weight excluding hydrogens is 441 g/mol. The molecular formula is C20H16FN5O3S2. The average Bonchev–Trinajstić information content (AvgIpc) is 3.08. The number of hydrogen-bond acceptors (Lipinski definition) is 7. The van der Waals surface area contributed by atoms with Crippen molar-refractivity contribution in [3.63, 3.8) is 0 Å². The minimum atomic E-state index is -3.81. The summed E-state index contributed by atoms with van der Waals surface area (Å²) in [4.78, 5) is 22.3. The van der Waals surface area contributed by atoms with Gasteiger partial charge in [0.15, 0.2) is 0 Å². The van der Waals surface area contributed by atoms with Crippen LogP contribution in [-0.2, 0) is 16.4 Å². The molecule has 0 radical (unpaired) electrons. The Balaban J connectivity index is 1.57. The maximum atomic E-state index is 13.3. The molecule has 0 atom stereocenters. The number of benzene rings is 2. The van der Waals surface area contributed by atoms with Gasteiger partial charge in [-0.2, -0.15) is 4.37 Å². The van der Waals surface area contributed by atoms with E-state index in [2.05, 4.69) is 19.7 Å². The number of halogens is 1. The molecule has 0 aliphatic rings. The SMILES string of the molecule is Cc1nsc(Cc2cnc3cc(F)ccc3n2)c1C(=O)Nc1ccc(S(N)(=O)=O)cc1. The van der Waals surface area contributed by atoms with E-state index < -0.39 is 10.0 Å². The second kappa shape index (κ2) is 8.10. The number of primary sulfonamides is 1. The van der Waals surface area contributed by atoms with Crippen LogP contribution in [0.25, 0.3) is 11.0 Å². The van der Waals surface area contributed by atoms with Crippen LogP contribution in [-0.4, -0.2) is 28.7 Å². The van der Waals surface area contributed by atoms with Gasteiger partial charge >= 0.3 is 0 Å².